The number of hydrogen-bond acceptors (Lipinski definition) is 5. The van der Waals surface area contributed by atoms with Crippen molar-refractivity contribution in [2.75, 3.05) is 22.8 Å². The summed E-state index contributed by atoms with van der Waals surface area (Å²) in [6.45, 7) is 6.87. The zero-order valence-corrected chi connectivity index (χ0v) is 20.5. The molecule has 0 heterocycles. The van der Waals surface area contributed by atoms with E-state index in [1.807, 2.05) is 19.1 Å². The van der Waals surface area contributed by atoms with Crippen LogP contribution in [0.5, 0.6) is 0 Å². The minimum Gasteiger partial charge on any atom is -0.462 e. The molecule has 0 spiro atoms. The van der Waals surface area contributed by atoms with Crippen LogP contribution in [0.3, 0.4) is 0 Å². The van der Waals surface area contributed by atoms with Crippen LogP contribution in [0.25, 0.3) is 0 Å². The number of anilines is 2. The fourth-order valence-electron chi connectivity index (χ4n) is 3.53. The number of carbonyl (C=O) groups excluding carboxylic acids is 2. The summed E-state index contributed by atoms with van der Waals surface area (Å²) >= 11 is 0. The Kier molecular flexibility index (Phi) is 7.73. The zero-order valence-electron chi connectivity index (χ0n) is 19.7. The highest BCUT2D eigenvalue weighted by Crippen LogP contribution is 2.28. The molecule has 0 saturated carbocycles. The van der Waals surface area contributed by atoms with Crippen LogP contribution in [0, 0.1) is 20.8 Å². The van der Waals surface area contributed by atoms with Crippen molar-refractivity contribution in [1.29, 1.82) is 0 Å². The van der Waals surface area contributed by atoms with Crippen molar-refractivity contribution in [3.05, 3.63) is 89.0 Å². The Hall–Kier alpha value is -3.65. The number of hydrogen-bond donors (Lipinski definition) is 1. The Morgan fingerprint density at radius 1 is 0.941 bits per heavy atom. The third-order valence-corrected chi connectivity index (χ3v) is 7.13. The molecule has 0 radical (unpaired) electrons. The topological polar surface area (TPSA) is 92.8 Å². The van der Waals surface area contributed by atoms with Gasteiger partial charge in [-0.1, -0.05) is 36.4 Å². The van der Waals surface area contributed by atoms with E-state index in [1.165, 1.54) is 12.1 Å². The van der Waals surface area contributed by atoms with E-state index in [2.05, 4.69) is 5.32 Å². The lowest BCUT2D eigenvalue weighted by molar-refractivity contribution is -0.114. The number of sulfonamides is 1. The van der Waals surface area contributed by atoms with Gasteiger partial charge in [0, 0.05) is 5.69 Å². The number of rotatable bonds is 8. The van der Waals surface area contributed by atoms with E-state index in [0.29, 0.717) is 22.5 Å². The van der Waals surface area contributed by atoms with Crippen LogP contribution in [0.15, 0.2) is 71.6 Å². The van der Waals surface area contributed by atoms with Gasteiger partial charge in [-0.3, -0.25) is 9.10 Å². The lowest BCUT2D eigenvalue weighted by Gasteiger charge is -2.26. The van der Waals surface area contributed by atoms with Crippen LogP contribution < -0.4 is 9.62 Å². The van der Waals surface area contributed by atoms with Crippen molar-refractivity contribution in [1.82, 2.24) is 0 Å². The second kappa shape index (κ2) is 10.5. The molecule has 178 valence electrons. The SMILES string of the molecule is CCOC(=O)c1cccc(NC(=O)CN(c2cc(C)ccc2C)S(=O)(=O)c2ccccc2)c1C. The molecule has 0 bridgehead atoms. The van der Waals surface area contributed by atoms with E-state index in [9.17, 15) is 18.0 Å². The Bertz CT molecular complexity index is 1300. The Labute approximate surface area is 200 Å². The summed E-state index contributed by atoms with van der Waals surface area (Å²) in [5, 5.41) is 2.75. The number of nitrogens with zero attached hydrogens (tertiary/aromatic N) is 1. The van der Waals surface area contributed by atoms with Gasteiger partial charge in [-0.15, -0.1) is 0 Å². The molecule has 0 aliphatic rings. The predicted octanol–water partition coefficient (Wildman–Crippen LogP) is 4.62. The summed E-state index contributed by atoms with van der Waals surface area (Å²) in [5.41, 5.74) is 3.30. The van der Waals surface area contributed by atoms with Gasteiger partial charge in [-0.05, 0) is 74.7 Å². The number of carbonyl (C=O) groups is 2. The standard InChI is InChI=1S/C26H28N2O5S/c1-5-33-26(30)22-12-9-13-23(20(22)4)27-25(29)17-28(24-16-18(2)14-15-19(24)3)34(31,32)21-10-7-6-8-11-21/h6-16H,5,17H2,1-4H3,(H,27,29). The van der Waals surface area contributed by atoms with Gasteiger partial charge in [0.15, 0.2) is 0 Å². The molecule has 3 aromatic carbocycles. The third kappa shape index (κ3) is 5.46. The first-order valence-corrected chi connectivity index (χ1v) is 12.3. The minimum absolute atomic E-state index is 0.0872. The molecule has 0 fully saturated rings. The molecule has 7 nitrogen and oxygen atoms in total. The molecular weight excluding hydrogens is 452 g/mol. The maximum absolute atomic E-state index is 13.6. The highest BCUT2D eigenvalue weighted by molar-refractivity contribution is 7.92. The van der Waals surface area contributed by atoms with Gasteiger partial charge in [0.1, 0.15) is 6.54 Å². The van der Waals surface area contributed by atoms with Gasteiger partial charge < -0.3 is 10.1 Å². The lowest BCUT2D eigenvalue weighted by atomic mass is 10.1. The van der Waals surface area contributed by atoms with Crippen LogP contribution >= 0.6 is 0 Å². The fourth-order valence-corrected chi connectivity index (χ4v) is 5.03. The Balaban J connectivity index is 1.97. The van der Waals surface area contributed by atoms with Crippen LogP contribution in [-0.4, -0.2) is 33.4 Å². The molecule has 3 aromatic rings. The third-order valence-electron chi connectivity index (χ3n) is 5.35. The predicted molar refractivity (Wildman–Crippen MR) is 133 cm³/mol. The fraction of sp³-hybridized carbons (Fsp3) is 0.231. The number of aryl methyl sites for hydroxylation is 2. The maximum atomic E-state index is 13.6. The smallest absolute Gasteiger partial charge is 0.338 e. The normalized spacial score (nSPS) is 11.1. The first-order valence-electron chi connectivity index (χ1n) is 10.9. The van der Waals surface area contributed by atoms with Gasteiger partial charge >= 0.3 is 5.97 Å². The molecule has 3 rings (SSSR count). The van der Waals surface area contributed by atoms with Crippen LogP contribution in [0.4, 0.5) is 11.4 Å². The summed E-state index contributed by atoms with van der Waals surface area (Å²) in [5.74, 6) is -1.02. The summed E-state index contributed by atoms with van der Waals surface area (Å²) in [7, 11) is -4.02. The van der Waals surface area contributed by atoms with E-state index in [0.717, 1.165) is 15.4 Å². The van der Waals surface area contributed by atoms with Gasteiger partial charge in [0.25, 0.3) is 10.0 Å². The van der Waals surface area contributed by atoms with Crippen LogP contribution in [-0.2, 0) is 19.6 Å². The summed E-state index contributed by atoms with van der Waals surface area (Å²) in [6.07, 6.45) is 0. The van der Waals surface area contributed by atoms with Crippen molar-refractivity contribution >= 4 is 33.3 Å². The number of nitrogens with one attached hydrogen (secondary N) is 1. The number of amides is 1. The summed E-state index contributed by atoms with van der Waals surface area (Å²) in [6, 6.07) is 18.4. The van der Waals surface area contributed by atoms with Crippen LogP contribution in [0.1, 0.15) is 34.0 Å². The van der Waals surface area contributed by atoms with Gasteiger partial charge in [-0.2, -0.15) is 0 Å². The van der Waals surface area contributed by atoms with E-state index in [1.54, 1.807) is 63.2 Å². The molecule has 0 unspecified atom stereocenters. The highest BCUT2D eigenvalue weighted by atomic mass is 32.2. The molecule has 8 heteroatoms. The van der Waals surface area contributed by atoms with Gasteiger partial charge in [0.05, 0.1) is 22.8 Å². The number of ether oxygens (including phenoxy) is 1. The zero-order chi connectivity index (χ0) is 24.9. The molecule has 0 saturated heterocycles. The van der Waals surface area contributed by atoms with Crippen molar-refractivity contribution in [3.8, 4) is 0 Å². The number of benzene rings is 3. The van der Waals surface area contributed by atoms with E-state index in [4.69, 9.17) is 4.74 Å². The second-order valence-electron chi connectivity index (χ2n) is 7.86. The summed E-state index contributed by atoms with van der Waals surface area (Å²) < 4.78 is 33.3. The van der Waals surface area contributed by atoms with Crippen LogP contribution in [0.2, 0.25) is 0 Å². The molecule has 0 atom stereocenters. The van der Waals surface area contributed by atoms with Crippen molar-refractivity contribution < 1.29 is 22.7 Å². The molecule has 0 aliphatic carbocycles. The van der Waals surface area contributed by atoms with Crippen molar-refractivity contribution in [2.45, 2.75) is 32.6 Å². The molecule has 1 N–H and O–H groups in total. The lowest BCUT2D eigenvalue weighted by Crippen LogP contribution is -2.38. The molecular formula is C26H28N2O5S. The molecule has 0 aliphatic heterocycles. The van der Waals surface area contributed by atoms with Gasteiger partial charge in [-0.25, -0.2) is 13.2 Å². The Morgan fingerprint density at radius 2 is 1.65 bits per heavy atom. The van der Waals surface area contributed by atoms with Gasteiger partial charge in [0.2, 0.25) is 5.91 Å². The molecule has 34 heavy (non-hydrogen) atoms. The van der Waals surface area contributed by atoms with Crippen molar-refractivity contribution in [3.63, 3.8) is 0 Å². The highest BCUT2D eigenvalue weighted by Gasteiger charge is 2.28. The van der Waals surface area contributed by atoms with E-state index >= 15 is 0 Å². The van der Waals surface area contributed by atoms with Crippen molar-refractivity contribution in [2.24, 2.45) is 0 Å². The average molecular weight is 481 g/mol. The summed E-state index contributed by atoms with van der Waals surface area (Å²) in [4.78, 5) is 25.4. The molecule has 1 amide bonds. The minimum atomic E-state index is -4.02. The first-order chi connectivity index (χ1) is 16.1. The quantitative estimate of drug-likeness (QED) is 0.475. The largest absolute Gasteiger partial charge is 0.462 e. The molecule has 0 aromatic heterocycles. The Morgan fingerprint density at radius 3 is 2.32 bits per heavy atom. The van der Waals surface area contributed by atoms with E-state index in [-0.39, 0.29) is 11.5 Å². The number of esters is 1. The van der Waals surface area contributed by atoms with E-state index < -0.39 is 28.4 Å². The second-order valence-corrected chi connectivity index (χ2v) is 9.72. The first kappa shape index (κ1) is 25.0. The average Bonchev–Trinajstić information content (AvgIpc) is 2.81. The maximum Gasteiger partial charge on any atom is 0.338 e. The monoisotopic (exact) mass is 480 g/mol.